The van der Waals surface area contributed by atoms with Gasteiger partial charge in [0.05, 0.1) is 18.6 Å². The fourth-order valence-corrected chi connectivity index (χ4v) is 4.27. The predicted molar refractivity (Wildman–Crippen MR) is 130 cm³/mol. The van der Waals surface area contributed by atoms with Gasteiger partial charge in [-0.15, -0.1) is 24.0 Å². The molecule has 0 unspecified atom stereocenters. The molecular formula is C21H35IN6O2. The van der Waals surface area contributed by atoms with Crippen molar-refractivity contribution in [2.24, 2.45) is 10.4 Å². The third-order valence-electron chi connectivity index (χ3n) is 5.86. The lowest BCUT2D eigenvalue weighted by Crippen LogP contribution is -2.49. The molecule has 1 aliphatic carbocycles. The van der Waals surface area contributed by atoms with E-state index in [1.54, 1.807) is 11.9 Å². The minimum absolute atomic E-state index is 0. The number of carbonyl (C=O) groups excluding carboxylic acids is 1. The first kappa shape index (κ1) is 24.6. The highest BCUT2D eigenvalue weighted by molar-refractivity contribution is 14.0. The van der Waals surface area contributed by atoms with E-state index in [1.165, 1.54) is 0 Å². The van der Waals surface area contributed by atoms with Crippen LogP contribution in [0.2, 0.25) is 0 Å². The van der Waals surface area contributed by atoms with Gasteiger partial charge in [0, 0.05) is 59.1 Å². The number of rotatable bonds is 6. The molecule has 1 aliphatic heterocycles. The smallest absolute Gasteiger partial charge is 0.230 e. The van der Waals surface area contributed by atoms with Gasteiger partial charge in [-0.05, 0) is 18.9 Å². The van der Waals surface area contributed by atoms with E-state index in [1.807, 2.05) is 26.4 Å². The van der Waals surface area contributed by atoms with Crippen molar-refractivity contribution in [3.8, 4) is 0 Å². The van der Waals surface area contributed by atoms with Gasteiger partial charge in [-0.3, -0.25) is 9.79 Å². The summed E-state index contributed by atoms with van der Waals surface area (Å²) in [5.41, 5.74) is 0.797. The maximum atomic E-state index is 12.8. The number of nitrogens with one attached hydrogen (secondary N) is 2. The topological polar surface area (TPSA) is 82.1 Å². The van der Waals surface area contributed by atoms with E-state index < -0.39 is 0 Å². The quantitative estimate of drug-likeness (QED) is 0.332. The van der Waals surface area contributed by atoms with Crippen molar-refractivity contribution in [1.29, 1.82) is 0 Å². The minimum atomic E-state index is -0.325. The molecule has 2 N–H and O–H groups in total. The second-order valence-electron chi connectivity index (χ2n) is 8.05. The molecule has 2 fully saturated rings. The largest absolute Gasteiger partial charge is 0.378 e. The molecule has 0 radical (unpaired) electrons. The molecule has 0 spiro atoms. The van der Waals surface area contributed by atoms with Crippen LogP contribution in [0.5, 0.6) is 0 Å². The standard InChI is InChI=1S/C21H34N6O2.HI/c1-22-20(25-16-21(8-4-5-9-21)19(28)26(2)3)24-15-17-7-6-10-23-18(17)27-11-13-29-14-12-27;/h6-7,10H,4-5,8-9,11-16H2,1-3H3,(H2,22,24,25);1H. The number of aromatic nitrogens is 1. The van der Waals surface area contributed by atoms with Crippen molar-refractivity contribution in [2.75, 3.05) is 58.9 Å². The van der Waals surface area contributed by atoms with Crippen molar-refractivity contribution >= 4 is 41.7 Å². The van der Waals surface area contributed by atoms with Gasteiger partial charge in [-0.2, -0.15) is 0 Å². The van der Waals surface area contributed by atoms with Gasteiger partial charge in [0.2, 0.25) is 5.91 Å². The maximum Gasteiger partial charge on any atom is 0.230 e. The Kier molecular flexibility index (Phi) is 9.60. The number of hydrogen-bond donors (Lipinski definition) is 2. The Morgan fingerprint density at radius 1 is 1.27 bits per heavy atom. The summed E-state index contributed by atoms with van der Waals surface area (Å²) < 4.78 is 5.46. The molecule has 1 saturated carbocycles. The Morgan fingerprint density at radius 3 is 2.60 bits per heavy atom. The van der Waals surface area contributed by atoms with Gasteiger partial charge >= 0.3 is 0 Å². The monoisotopic (exact) mass is 530 g/mol. The van der Waals surface area contributed by atoms with Crippen LogP contribution >= 0.6 is 24.0 Å². The molecule has 1 amide bonds. The highest BCUT2D eigenvalue weighted by atomic mass is 127. The zero-order valence-electron chi connectivity index (χ0n) is 18.3. The van der Waals surface area contributed by atoms with Gasteiger partial charge in [0.25, 0.3) is 0 Å². The number of halogens is 1. The summed E-state index contributed by atoms with van der Waals surface area (Å²) in [5.74, 6) is 1.91. The fourth-order valence-electron chi connectivity index (χ4n) is 4.27. The van der Waals surface area contributed by atoms with Crippen LogP contribution < -0.4 is 15.5 Å². The second-order valence-corrected chi connectivity index (χ2v) is 8.05. The third-order valence-corrected chi connectivity index (χ3v) is 5.86. The van der Waals surface area contributed by atoms with Crippen molar-refractivity contribution in [1.82, 2.24) is 20.5 Å². The van der Waals surface area contributed by atoms with Gasteiger partial charge in [-0.25, -0.2) is 4.98 Å². The van der Waals surface area contributed by atoms with Crippen LogP contribution in [0.15, 0.2) is 23.3 Å². The average Bonchev–Trinajstić information content (AvgIpc) is 3.24. The number of pyridine rings is 1. The Morgan fingerprint density at radius 2 is 1.97 bits per heavy atom. The van der Waals surface area contributed by atoms with Crippen LogP contribution in [0.1, 0.15) is 31.2 Å². The minimum Gasteiger partial charge on any atom is -0.378 e. The van der Waals surface area contributed by atoms with E-state index in [2.05, 4.69) is 31.6 Å². The van der Waals surface area contributed by atoms with Crippen molar-refractivity contribution < 1.29 is 9.53 Å². The van der Waals surface area contributed by atoms with Gasteiger partial charge in [0.1, 0.15) is 5.82 Å². The summed E-state index contributed by atoms with van der Waals surface area (Å²) in [6, 6.07) is 4.05. The molecule has 2 heterocycles. The number of guanidine groups is 1. The molecule has 0 atom stereocenters. The van der Waals surface area contributed by atoms with Crippen LogP contribution in [0.3, 0.4) is 0 Å². The van der Waals surface area contributed by atoms with Gasteiger partial charge in [-0.1, -0.05) is 18.9 Å². The lowest BCUT2D eigenvalue weighted by molar-refractivity contribution is -0.138. The fraction of sp³-hybridized carbons (Fsp3) is 0.667. The van der Waals surface area contributed by atoms with Crippen molar-refractivity contribution in [3.05, 3.63) is 23.9 Å². The summed E-state index contributed by atoms with van der Waals surface area (Å²) in [4.78, 5) is 25.7. The molecule has 168 valence electrons. The third kappa shape index (κ3) is 5.96. The molecule has 1 saturated heterocycles. The molecule has 9 heteroatoms. The molecule has 1 aromatic heterocycles. The van der Waals surface area contributed by atoms with E-state index >= 15 is 0 Å². The first-order valence-electron chi connectivity index (χ1n) is 10.5. The van der Waals surface area contributed by atoms with E-state index in [4.69, 9.17) is 4.74 Å². The number of amides is 1. The van der Waals surface area contributed by atoms with Crippen LogP contribution in [0.4, 0.5) is 5.82 Å². The van der Waals surface area contributed by atoms with Gasteiger partial charge < -0.3 is 25.2 Å². The summed E-state index contributed by atoms with van der Waals surface area (Å²) in [6.45, 7) is 4.39. The Balaban J connectivity index is 0.00000320. The number of aliphatic imine (C=N–C) groups is 1. The van der Waals surface area contributed by atoms with Crippen molar-refractivity contribution in [3.63, 3.8) is 0 Å². The maximum absolute atomic E-state index is 12.8. The number of ether oxygens (including phenoxy) is 1. The van der Waals surface area contributed by atoms with E-state index in [0.717, 1.165) is 63.4 Å². The Hall–Kier alpha value is -1.62. The lowest BCUT2D eigenvalue weighted by Gasteiger charge is -2.31. The molecule has 1 aromatic rings. The number of hydrogen-bond acceptors (Lipinski definition) is 5. The molecule has 0 aromatic carbocycles. The normalized spacial score (nSPS) is 18.5. The average molecular weight is 530 g/mol. The summed E-state index contributed by atoms with van der Waals surface area (Å²) in [6.07, 6.45) is 5.89. The Labute approximate surface area is 196 Å². The SMILES string of the molecule is CN=C(NCc1cccnc1N1CCOCC1)NCC1(C(=O)N(C)C)CCCC1.I. The van der Waals surface area contributed by atoms with Crippen molar-refractivity contribution in [2.45, 2.75) is 32.2 Å². The van der Waals surface area contributed by atoms with E-state index in [9.17, 15) is 4.79 Å². The summed E-state index contributed by atoms with van der Waals surface area (Å²) >= 11 is 0. The highest BCUT2D eigenvalue weighted by Crippen LogP contribution is 2.38. The summed E-state index contributed by atoms with van der Waals surface area (Å²) in [5, 5.41) is 6.79. The lowest BCUT2D eigenvalue weighted by atomic mass is 9.84. The number of anilines is 1. The van der Waals surface area contributed by atoms with E-state index in [0.29, 0.717) is 19.0 Å². The Bertz CT molecular complexity index is 715. The molecule has 2 aliphatic rings. The molecule has 30 heavy (non-hydrogen) atoms. The van der Waals surface area contributed by atoms with E-state index in [-0.39, 0.29) is 35.3 Å². The van der Waals surface area contributed by atoms with Gasteiger partial charge in [0.15, 0.2) is 5.96 Å². The molecular weight excluding hydrogens is 495 g/mol. The summed E-state index contributed by atoms with van der Waals surface area (Å²) in [7, 11) is 5.44. The van der Waals surface area contributed by atoms with Crippen LogP contribution in [0.25, 0.3) is 0 Å². The highest BCUT2D eigenvalue weighted by Gasteiger charge is 2.42. The first-order valence-corrected chi connectivity index (χ1v) is 10.5. The number of nitrogens with zero attached hydrogens (tertiary/aromatic N) is 4. The molecule has 3 rings (SSSR count). The predicted octanol–water partition coefficient (Wildman–Crippen LogP) is 1.85. The van der Waals surface area contributed by atoms with Crippen LogP contribution in [-0.4, -0.2) is 75.7 Å². The zero-order valence-corrected chi connectivity index (χ0v) is 20.6. The van der Waals surface area contributed by atoms with Crippen LogP contribution in [-0.2, 0) is 16.1 Å². The molecule has 8 nitrogen and oxygen atoms in total. The number of morpholine rings is 1. The molecule has 0 bridgehead atoms. The first-order chi connectivity index (χ1) is 14.1. The number of carbonyl (C=O) groups is 1. The second kappa shape index (κ2) is 11.7. The zero-order chi connectivity index (χ0) is 20.7. The van der Waals surface area contributed by atoms with Crippen LogP contribution in [0, 0.1) is 5.41 Å².